The van der Waals surface area contributed by atoms with Gasteiger partial charge in [0.25, 0.3) is 0 Å². The van der Waals surface area contributed by atoms with Crippen LogP contribution in [0.15, 0.2) is 0 Å². The molecule has 3 rings (SSSR count). The molecule has 2 saturated heterocycles. The van der Waals surface area contributed by atoms with Crippen molar-refractivity contribution in [2.45, 2.75) is 63.3 Å². The van der Waals surface area contributed by atoms with E-state index < -0.39 is 0 Å². The topological polar surface area (TPSA) is 30.5 Å². The van der Waals surface area contributed by atoms with E-state index in [9.17, 15) is 0 Å². The lowest BCUT2D eigenvalue weighted by Gasteiger charge is -2.48. The molecule has 3 atom stereocenters. The van der Waals surface area contributed by atoms with E-state index in [-0.39, 0.29) is 5.60 Å². The molecule has 2 aliphatic heterocycles. The summed E-state index contributed by atoms with van der Waals surface area (Å²) in [6.45, 7) is 5.41. The molecule has 0 aromatic heterocycles. The summed E-state index contributed by atoms with van der Waals surface area (Å²) in [5.74, 6) is 0.705. The molecule has 0 radical (unpaired) electrons. The van der Waals surface area contributed by atoms with Gasteiger partial charge in [-0.25, -0.2) is 0 Å². The zero-order valence-corrected chi connectivity index (χ0v) is 10.9. The molecular weight excluding hydrogens is 214 g/mol. The first kappa shape index (κ1) is 11.9. The van der Waals surface area contributed by atoms with Crippen LogP contribution in [0.4, 0.5) is 0 Å². The Labute approximate surface area is 104 Å². The summed E-state index contributed by atoms with van der Waals surface area (Å²) in [5, 5.41) is 3.45. The summed E-state index contributed by atoms with van der Waals surface area (Å²) in [5.41, 5.74) is 0.217. The van der Waals surface area contributed by atoms with Crippen LogP contribution in [0.25, 0.3) is 0 Å². The average Bonchev–Trinajstić information content (AvgIpc) is 2.31. The fourth-order valence-corrected chi connectivity index (χ4v) is 3.41. The summed E-state index contributed by atoms with van der Waals surface area (Å²) >= 11 is 0. The van der Waals surface area contributed by atoms with Crippen LogP contribution in [-0.2, 0) is 9.47 Å². The normalized spacial score (nSPS) is 41.1. The lowest BCUT2D eigenvalue weighted by Crippen LogP contribution is -2.50. The third-order valence-corrected chi connectivity index (χ3v) is 4.84. The average molecular weight is 239 g/mol. The van der Waals surface area contributed by atoms with E-state index in [1.165, 1.54) is 25.7 Å². The maximum absolute atomic E-state index is 6.33. The van der Waals surface area contributed by atoms with Crippen LogP contribution in [-0.4, -0.2) is 37.5 Å². The molecule has 98 valence electrons. The van der Waals surface area contributed by atoms with Crippen molar-refractivity contribution in [3.63, 3.8) is 0 Å². The van der Waals surface area contributed by atoms with E-state index in [4.69, 9.17) is 9.47 Å². The van der Waals surface area contributed by atoms with Gasteiger partial charge in [-0.3, -0.25) is 0 Å². The van der Waals surface area contributed by atoms with Crippen LogP contribution in [0.5, 0.6) is 0 Å². The minimum absolute atomic E-state index is 0.217. The maximum atomic E-state index is 6.33. The summed E-state index contributed by atoms with van der Waals surface area (Å²) < 4.78 is 12.3. The molecule has 0 aromatic carbocycles. The lowest BCUT2D eigenvalue weighted by molar-refractivity contribution is -0.184. The van der Waals surface area contributed by atoms with E-state index in [1.54, 1.807) is 0 Å². The Bertz CT molecular complexity index is 265. The van der Waals surface area contributed by atoms with Gasteiger partial charge >= 0.3 is 0 Å². The Kier molecular flexibility index (Phi) is 3.42. The summed E-state index contributed by atoms with van der Waals surface area (Å²) in [6, 6.07) is 0. The summed E-state index contributed by atoms with van der Waals surface area (Å²) in [4.78, 5) is 0. The van der Waals surface area contributed by atoms with Crippen molar-refractivity contribution in [1.82, 2.24) is 5.32 Å². The first-order valence-electron chi connectivity index (χ1n) is 7.28. The minimum atomic E-state index is 0.217. The van der Waals surface area contributed by atoms with Crippen molar-refractivity contribution in [1.29, 1.82) is 0 Å². The predicted octanol–water partition coefficient (Wildman–Crippen LogP) is 2.10. The molecule has 2 heterocycles. The van der Waals surface area contributed by atoms with Crippen LogP contribution in [0.1, 0.15) is 45.4 Å². The molecule has 3 aliphatic rings. The van der Waals surface area contributed by atoms with Gasteiger partial charge in [-0.1, -0.05) is 6.92 Å². The molecule has 0 bridgehead atoms. The SMILES string of the molecule is CC1CCNCC1OC1CCOC2(CCC2)C1. The van der Waals surface area contributed by atoms with Gasteiger partial charge in [0.05, 0.1) is 17.8 Å². The highest BCUT2D eigenvalue weighted by Gasteiger charge is 2.43. The minimum Gasteiger partial charge on any atom is -0.375 e. The Morgan fingerprint density at radius 1 is 1.29 bits per heavy atom. The standard InChI is InChI=1S/C14H25NO2/c1-11-3-7-15-10-13(11)17-12-4-8-16-14(9-12)5-2-6-14/h11-13,15H,2-10H2,1H3. The second-order valence-electron chi connectivity index (χ2n) is 6.14. The first-order valence-corrected chi connectivity index (χ1v) is 7.28. The van der Waals surface area contributed by atoms with E-state index in [1.807, 2.05) is 0 Å². The van der Waals surface area contributed by atoms with E-state index in [0.29, 0.717) is 18.1 Å². The van der Waals surface area contributed by atoms with Gasteiger partial charge < -0.3 is 14.8 Å². The molecule has 17 heavy (non-hydrogen) atoms. The molecule has 3 unspecified atom stereocenters. The molecule has 1 N–H and O–H groups in total. The Morgan fingerprint density at radius 3 is 2.88 bits per heavy atom. The van der Waals surface area contributed by atoms with Crippen LogP contribution >= 0.6 is 0 Å². The van der Waals surface area contributed by atoms with Crippen molar-refractivity contribution in [3.8, 4) is 0 Å². The lowest BCUT2D eigenvalue weighted by atomic mass is 9.74. The number of hydrogen-bond acceptors (Lipinski definition) is 3. The van der Waals surface area contributed by atoms with Crippen molar-refractivity contribution in [2.24, 2.45) is 5.92 Å². The van der Waals surface area contributed by atoms with Gasteiger partial charge in [0.15, 0.2) is 0 Å². The monoisotopic (exact) mass is 239 g/mol. The molecule has 1 saturated carbocycles. The molecular formula is C14H25NO2. The zero-order chi connectivity index (χ0) is 11.7. The summed E-state index contributed by atoms with van der Waals surface area (Å²) in [6.07, 6.45) is 8.19. The zero-order valence-electron chi connectivity index (χ0n) is 10.9. The van der Waals surface area contributed by atoms with Gasteiger partial charge in [-0.15, -0.1) is 0 Å². The molecule has 3 heteroatoms. The maximum Gasteiger partial charge on any atom is 0.0729 e. The number of nitrogens with one attached hydrogen (secondary N) is 1. The molecule has 3 fully saturated rings. The largest absolute Gasteiger partial charge is 0.375 e. The van der Waals surface area contributed by atoms with Gasteiger partial charge in [0.1, 0.15) is 0 Å². The van der Waals surface area contributed by atoms with E-state index >= 15 is 0 Å². The fraction of sp³-hybridized carbons (Fsp3) is 1.00. The quantitative estimate of drug-likeness (QED) is 0.800. The Hall–Kier alpha value is -0.120. The number of ether oxygens (including phenoxy) is 2. The number of piperidine rings is 1. The van der Waals surface area contributed by atoms with Gasteiger partial charge in [0, 0.05) is 19.6 Å². The molecule has 0 aromatic rings. The molecule has 0 amide bonds. The third-order valence-electron chi connectivity index (χ3n) is 4.84. The predicted molar refractivity (Wildman–Crippen MR) is 67.1 cm³/mol. The van der Waals surface area contributed by atoms with Crippen LogP contribution in [0, 0.1) is 5.92 Å². The van der Waals surface area contributed by atoms with E-state index in [2.05, 4.69) is 12.2 Å². The van der Waals surface area contributed by atoms with Crippen LogP contribution in [0.2, 0.25) is 0 Å². The van der Waals surface area contributed by atoms with Gasteiger partial charge in [-0.05, 0) is 44.6 Å². The van der Waals surface area contributed by atoms with Gasteiger partial charge in [0.2, 0.25) is 0 Å². The fourth-order valence-electron chi connectivity index (χ4n) is 3.41. The smallest absolute Gasteiger partial charge is 0.0729 e. The van der Waals surface area contributed by atoms with Crippen molar-refractivity contribution >= 4 is 0 Å². The van der Waals surface area contributed by atoms with Gasteiger partial charge in [-0.2, -0.15) is 0 Å². The first-order chi connectivity index (χ1) is 8.27. The van der Waals surface area contributed by atoms with Crippen molar-refractivity contribution < 1.29 is 9.47 Å². The second kappa shape index (κ2) is 4.87. The van der Waals surface area contributed by atoms with Crippen molar-refractivity contribution in [2.75, 3.05) is 19.7 Å². The van der Waals surface area contributed by atoms with Crippen LogP contribution < -0.4 is 5.32 Å². The van der Waals surface area contributed by atoms with E-state index in [0.717, 1.165) is 32.5 Å². The highest BCUT2D eigenvalue weighted by atomic mass is 16.5. The van der Waals surface area contributed by atoms with Crippen LogP contribution in [0.3, 0.4) is 0 Å². The second-order valence-corrected chi connectivity index (χ2v) is 6.14. The molecule has 1 spiro atoms. The molecule has 3 nitrogen and oxygen atoms in total. The summed E-state index contributed by atoms with van der Waals surface area (Å²) in [7, 11) is 0. The highest BCUT2D eigenvalue weighted by molar-refractivity contribution is 4.95. The number of rotatable bonds is 2. The Balaban J connectivity index is 1.53. The number of hydrogen-bond donors (Lipinski definition) is 1. The molecule has 1 aliphatic carbocycles. The third kappa shape index (κ3) is 2.51. The van der Waals surface area contributed by atoms with Crippen molar-refractivity contribution in [3.05, 3.63) is 0 Å². The Morgan fingerprint density at radius 2 is 2.18 bits per heavy atom. The highest BCUT2D eigenvalue weighted by Crippen LogP contribution is 2.43.